The Morgan fingerprint density at radius 3 is 2.70 bits per heavy atom. The fraction of sp³-hybridized carbons (Fsp3) is 0.938. The van der Waals surface area contributed by atoms with Crippen LogP contribution in [-0.4, -0.2) is 41.5 Å². The van der Waals surface area contributed by atoms with Gasteiger partial charge < -0.3 is 11.1 Å². The Labute approximate surface area is 123 Å². The minimum absolute atomic E-state index is 0.174. The summed E-state index contributed by atoms with van der Waals surface area (Å²) in [6, 6.07) is 1.11. The Bertz CT molecular complexity index is 360. The van der Waals surface area contributed by atoms with E-state index in [-0.39, 0.29) is 5.91 Å². The van der Waals surface area contributed by atoms with Gasteiger partial charge in [-0.1, -0.05) is 20.8 Å². The number of nitrogens with two attached hydrogens (primary N) is 1. The topological polar surface area (TPSA) is 58.4 Å². The normalized spacial score (nSPS) is 42.8. The van der Waals surface area contributed by atoms with E-state index in [1.54, 1.807) is 0 Å². The molecule has 2 fully saturated rings. The number of nitrogens with one attached hydrogen (secondary N) is 1. The van der Waals surface area contributed by atoms with Crippen LogP contribution in [0.1, 0.15) is 53.4 Å². The minimum Gasteiger partial charge on any atom is -0.368 e. The number of carbonyl (C=O) groups is 1. The predicted molar refractivity (Wildman–Crippen MR) is 82.4 cm³/mol. The van der Waals surface area contributed by atoms with E-state index in [1.807, 2.05) is 6.92 Å². The van der Waals surface area contributed by atoms with Crippen molar-refractivity contribution in [3.05, 3.63) is 0 Å². The van der Waals surface area contributed by atoms with E-state index in [1.165, 1.54) is 6.42 Å². The summed E-state index contributed by atoms with van der Waals surface area (Å²) in [4.78, 5) is 14.5. The molecule has 2 rings (SSSR count). The van der Waals surface area contributed by atoms with E-state index in [0.29, 0.717) is 12.1 Å². The van der Waals surface area contributed by atoms with Gasteiger partial charge in [-0.25, -0.2) is 0 Å². The van der Waals surface area contributed by atoms with Crippen molar-refractivity contribution in [2.24, 2.45) is 17.6 Å². The zero-order valence-corrected chi connectivity index (χ0v) is 13.5. The van der Waals surface area contributed by atoms with E-state index in [9.17, 15) is 4.79 Å². The maximum Gasteiger partial charge on any atom is 0.237 e. The number of likely N-dealkylation sites (tertiary alicyclic amines) is 1. The third-order valence-corrected chi connectivity index (χ3v) is 5.59. The van der Waals surface area contributed by atoms with Crippen LogP contribution in [0.25, 0.3) is 0 Å². The number of likely N-dealkylation sites (N-methyl/N-ethyl adjacent to an activating group) is 1. The predicted octanol–water partition coefficient (Wildman–Crippen LogP) is 1.74. The summed E-state index contributed by atoms with van der Waals surface area (Å²) in [6.07, 6.45) is 4.16. The molecule has 3 N–H and O–H groups in total. The first-order valence-electron chi connectivity index (χ1n) is 8.20. The van der Waals surface area contributed by atoms with Crippen LogP contribution in [0.2, 0.25) is 0 Å². The second kappa shape index (κ2) is 6.02. The van der Waals surface area contributed by atoms with Crippen molar-refractivity contribution < 1.29 is 4.79 Å². The summed E-state index contributed by atoms with van der Waals surface area (Å²) in [5, 5.41) is 3.36. The number of carbonyl (C=O) groups excluding carboxylic acids is 1. The highest BCUT2D eigenvalue weighted by molar-refractivity contribution is 5.85. The number of piperidine rings is 1. The van der Waals surface area contributed by atoms with Gasteiger partial charge in [0.2, 0.25) is 5.91 Å². The van der Waals surface area contributed by atoms with Gasteiger partial charge in [0.25, 0.3) is 0 Å². The largest absolute Gasteiger partial charge is 0.368 e. The smallest absolute Gasteiger partial charge is 0.237 e. The van der Waals surface area contributed by atoms with Crippen LogP contribution < -0.4 is 11.1 Å². The number of hydrogen-bond donors (Lipinski definition) is 2. The van der Waals surface area contributed by atoms with Crippen LogP contribution in [0.3, 0.4) is 0 Å². The Morgan fingerprint density at radius 2 is 2.10 bits per heavy atom. The van der Waals surface area contributed by atoms with Gasteiger partial charge in [0, 0.05) is 18.6 Å². The van der Waals surface area contributed by atoms with Crippen molar-refractivity contribution in [1.29, 1.82) is 0 Å². The molecule has 1 amide bonds. The molecular weight excluding hydrogens is 250 g/mol. The summed E-state index contributed by atoms with van der Waals surface area (Å²) in [6.45, 7) is 11.1. The van der Waals surface area contributed by atoms with Gasteiger partial charge in [-0.05, 0) is 51.0 Å². The summed E-state index contributed by atoms with van der Waals surface area (Å²) in [5.74, 6) is 1.32. The zero-order chi connectivity index (χ0) is 14.9. The summed E-state index contributed by atoms with van der Waals surface area (Å²) >= 11 is 0. The van der Waals surface area contributed by atoms with Crippen LogP contribution in [0, 0.1) is 11.8 Å². The maximum atomic E-state index is 11.9. The number of amides is 1. The lowest BCUT2D eigenvalue weighted by molar-refractivity contribution is -0.124. The lowest BCUT2D eigenvalue weighted by Gasteiger charge is -2.45. The molecule has 1 aliphatic heterocycles. The highest BCUT2D eigenvalue weighted by Gasteiger charge is 2.47. The molecule has 1 aliphatic carbocycles. The van der Waals surface area contributed by atoms with Crippen molar-refractivity contribution in [2.75, 3.05) is 13.1 Å². The Morgan fingerprint density at radius 1 is 1.40 bits per heavy atom. The van der Waals surface area contributed by atoms with E-state index in [0.717, 1.165) is 44.2 Å². The fourth-order valence-electron chi connectivity index (χ4n) is 4.35. The first kappa shape index (κ1) is 15.8. The standard InChI is InChI=1S/C16H31N3O/c1-5-18-16(15(17)20)7-6-14(9-16)19-10-11(2)8-12(3)13(19)4/h11-14,18H,5-10H2,1-4H3,(H2,17,20). The van der Waals surface area contributed by atoms with Gasteiger partial charge in [0.1, 0.15) is 0 Å². The van der Waals surface area contributed by atoms with Crippen LogP contribution in [0.4, 0.5) is 0 Å². The molecule has 2 aliphatic rings. The highest BCUT2D eigenvalue weighted by atomic mass is 16.1. The van der Waals surface area contributed by atoms with Gasteiger partial charge in [-0.15, -0.1) is 0 Å². The molecule has 4 nitrogen and oxygen atoms in total. The molecule has 4 heteroatoms. The summed E-state index contributed by atoms with van der Waals surface area (Å²) in [7, 11) is 0. The maximum absolute atomic E-state index is 11.9. The SMILES string of the molecule is CCNC1(C(N)=O)CCC(N2CC(C)CC(C)C2C)C1. The molecule has 1 saturated carbocycles. The van der Waals surface area contributed by atoms with Crippen molar-refractivity contribution in [3.8, 4) is 0 Å². The molecule has 5 atom stereocenters. The zero-order valence-electron chi connectivity index (χ0n) is 13.5. The Hall–Kier alpha value is -0.610. The second-order valence-corrected chi connectivity index (χ2v) is 7.13. The second-order valence-electron chi connectivity index (χ2n) is 7.13. The molecule has 0 radical (unpaired) electrons. The molecule has 0 aromatic heterocycles. The first-order chi connectivity index (χ1) is 9.39. The fourth-order valence-corrected chi connectivity index (χ4v) is 4.35. The van der Waals surface area contributed by atoms with E-state index in [2.05, 4.69) is 31.0 Å². The molecule has 0 aromatic carbocycles. The van der Waals surface area contributed by atoms with Crippen LogP contribution >= 0.6 is 0 Å². The monoisotopic (exact) mass is 281 g/mol. The lowest BCUT2D eigenvalue weighted by atomic mass is 9.84. The molecule has 0 bridgehead atoms. The van der Waals surface area contributed by atoms with Crippen LogP contribution in [-0.2, 0) is 4.79 Å². The van der Waals surface area contributed by atoms with Crippen molar-refractivity contribution >= 4 is 5.91 Å². The molecule has 1 heterocycles. The quantitative estimate of drug-likeness (QED) is 0.825. The van der Waals surface area contributed by atoms with Gasteiger partial charge in [0.05, 0.1) is 5.54 Å². The van der Waals surface area contributed by atoms with Crippen LogP contribution in [0.5, 0.6) is 0 Å². The Balaban J connectivity index is 2.09. The highest BCUT2D eigenvalue weighted by Crippen LogP contribution is 2.38. The number of hydrogen-bond acceptors (Lipinski definition) is 3. The van der Waals surface area contributed by atoms with Crippen molar-refractivity contribution in [3.63, 3.8) is 0 Å². The van der Waals surface area contributed by atoms with Gasteiger partial charge in [-0.2, -0.15) is 0 Å². The van der Waals surface area contributed by atoms with Gasteiger partial charge >= 0.3 is 0 Å². The lowest BCUT2D eigenvalue weighted by Crippen LogP contribution is -2.56. The first-order valence-corrected chi connectivity index (χ1v) is 8.20. The Kier molecular flexibility index (Phi) is 4.75. The third-order valence-electron chi connectivity index (χ3n) is 5.59. The third kappa shape index (κ3) is 2.86. The number of rotatable bonds is 4. The average molecular weight is 281 g/mol. The summed E-state index contributed by atoms with van der Waals surface area (Å²) < 4.78 is 0. The number of primary amides is 1. The van der Waals surface area contributed by atoms with Gasteiger partial charge in [0.15, 0.2) is 0 Å². The minimum atomic E-state index is -0.469. The average Bonchev–Trinajstić information content (AvgIpc) is 2.80. The molecule has 1 saturated heterocycles. The summed E-state index contributed by atoms with van der Waals surface area (Å²) in [5.41, 5.74) is 5.21. The molecular formula is C16H31N3O. The molecule has 20 heavy (non-hydrogen) atoms. The van der Waals surface area contributed by atoms with Crippen molar-refractivity contribution in [1.82, 2.24) is 10.2 Å². The molecule has 5 unspecified atom stereocenters. The molecule has 0 spiro atoms. The molecule has 0 aromatic rings. The van der Waals surface area contributed by atoms with Crippen molar-refractivity contribution in [2.45, 2.75) is 71.0 Å². The van der Waals surface area contributed by atoms with Gasteiger partial charge in [-0.3, -0.25) is 9.69 Å². The van der Waals surface area contributed by atoms with Crippen LogP contribution in [0.15, 0.2) is 0 Å². The van der Waals surface area contributed by atoms with E-state index >= 15 is 0 Å². The van der Waals surface area contributed by atoms with E-state index in [4.69, 9.17) is 5.73 Å². The molecule has 116 valence electrons. The number of nitrogens with zero attached hydrogens (tertiary/aromatic N) is 1. The van der Waals surface area contributed by atoms with E-state index < -0.39 is 5.54 Å².